The van der Waals surface area contributed by atoms with Crippen molar-refractivity contribution in [1.29, 1.82) is 0 Å². The molecule has 0 aliphatic rings. The van der Waals surface area contributed by atoms with Crippen LogP contribution in [0.1, 0.15) is 19.4 Å². The first-order chi connectivity index (χ1) is 10.4. The SMILES string of the molecule is CCOP(=O)(OCC)/C(Cl)=C/c1cc(N=C=S)c(F)cc1Cl. The van der Waals surface area contributed by atoms with E-state index in [9.17, 15) is 8.96 Å². The molecule has 120 valence electrons. The van der Waals surface area contributed by atoms with Crippen LogP contribution in [0.25, 0.3) is 6.08 Å². The monoisotopic (exact) mass is 383 g/mol. The molecule has 0 aromatic heterocycles. The zero-order chi connectivity index (χ0) is 16.8. The Morgan fingerprint density at radius 3 is 2.55 bits per heavy atom. The summed E-state index contributed by atoms with van der Waals surface area (Å²) in [5.41, 5.74) is 0.245. The van der Waals surface area contributed by atoms with Crippen LogP contribution in [0.4, 0.5) is 10.1 Å². The average Bonchev–Trinajstić information content (AvgIpc) is 2.44. The lowest BCUT2D eigenvalue weighted by Crippen LogP contribution is -1.96. The van der Waals surface area contributed by atoms with Gasteiger partial charge in [0, 0.05) is 0 Å². The molecule has 0 unspecified atom stereocenters. The third-order valence-electron chi connectivity index (χ3n) is 2.37. The van der Waals surface area contributed by atoms with E-state index < -0.39 is 13.4 Å². The van der Waals surface area contributed by atoms with E-state index in [2.05, 4.69) is 22.4 Å². The van der Waals surface area contributed by atoms with Gasteiger partial charge < -0.3 is 9.05 Å². The predicted molar refractivity (Wildman–Crippen MR) is 90.8 cm³/mol. The highest BCUT2D eigenvalue weighted by Gasteiger charge is 2.28. The summed E-state index contributed by atoms with van der Waals surface area (Å²) in [5.74, 6) is -0.659. The molecule has 4 nitrogen and oxygen atoms in total. The number of isothiocyanates is 1. The lowest BCUT2D eigenvalue weighted by Gasteiger charge is -2.16. The van der Waals surface area contributed by atoms with Gasteiger partial charge in [0.25, 0.3) is 0 Å². The second-order valence-corrected chi connectivity index (χ2v) is 7.08. The average molecular weight is 384 g/mol. The van der Waals surface area contributed by atoms with Gasteiger partial charge in [0.1, 0.15) is 10.5 Å². The van der Waals surface area contributed by atoms with Gasteiger partial charge in [-0.15, -0.1) is 0 Å². The van der Waals surface area contributed by atoms with Gasteiger partial charge in [-0.2, -0.15) is 4.99 Å². The first-order valence-electron chi connectivity index (χ1n) is 6.21. The van der Waals surface area contributed by atoms with Gasteiger partial charge in [-0.3, -0.25) is 4.57 Å². The van der Waals surface area contributed by atoms with Crippen molar-refractivity contribution in [2.75, 3.05) is 13.2 Å². The fourth-order valence-electron chi connectivity index (χ4n) is 1.51. The van der Waals surface area contributed by atoms with Crippen LogP contribution in [0.15, 0.2) is 21.9 Å². The molecule has 1 aromatic rings. The molecule has 22 heavy (non-hydrogen) atoms. The molecule has 0 saturated carbocycles. The van der Waals surface area contributed by atoms with Crippen molar-refractivity contribution in [2.45, 2.75) is 13.8 Å². The van der Waals surface area contributed by atoms with Crippen LogP contribution < -0.4 is 0 Å². The molecular weight excluding hydrogens is 371 g/mol. The van der Waals surface area contributed by atoms with Crippen LogP contribution in [0.5, 0.6) is 0 Å². The van der Waals surface area contributed by atoms with Gasteiger partial charge in [-0.05, 0) is 49.8 Å². The molecule has 0 heterocycles. The highest BCUT2D eigenvalue weighted by Crippen LogP contribution is 2.58. The van der Waals surface area contributed by atoms with E-state index in [1.807, 2.05) is 0 Å². The lowest BCUT2D eigenvalue weighted by atomic mass is 10.2. The fraction of sp³-hybridized carbons (Fsp3) is 0.308. The maximum Gasteiger partial charge on any atom is 0.372 e. The summed E-state index contributed by atoms with van der Waals surface area (Å²) in [6.45, 7) is 3.62. The van der Waals surface area contributed by atoms with Gasteiger partial charge >= 0.3 is 7.60 Å². The Labute approximate surface area is 143 Å². The summed E-state index contributed by atoms with van der Waals surface area (Å²) in [6.07, 6.45) is 1.29. The van der Waals surface area contributed by atoms with Gasteiger partial charge in [-0.1, -0.05) is 23.2 Å². The van der Waals surface area contributed by atoms with Crippen molar-refractivity contribution in [2.24, 2.45) is 4.99 Å². The zero-order valence-corrected chi connectivity index (χ0v) is 15.0. The molecular formula is C13H13Cl2FNO3PS. The molecule has 0 aliphatic heterocycles. The molecule has 0 radical (unpaired) electrons. The van der Waals surface area contributed by atoms with Gasteiger partial charge in [0.05, 0.1) is 23.4 Å². The minimum absolute atomic E-state index is 0.0576. The maximum absolute atomic E-state index is 13.6. The zero-order valence-electron chi connectivity index (χ0n) is 11.8. The summed E-state index contributed by atoms with van der Waals surface area (Å²) in [6, 6.07) is 2.36. The lowest BCUT2D eigenvalue weighted by molar-refractivity contribution is 0.228. The van der Waals surface area contributed by atoms with Crippen molar-refractivity contribution >= 4 is 59.9 Å². The Bertz CT molecular complexity index is 667. The number of halogens is 3. The predicted octanol–water partition coefficient (Wildman–Crippen LogP) is 6.02. The summed E-state index contributed by atoms with van der Waals surface area (Å²) < 4.78 is 36.2. The van der Waals surface area contributed by atoms with Crippen molar-refractivity contribution in [3.63, 3.8) is 0 Å². The van der Waals surface area contributed by atoms with Crippen LogP contribution >= 0.6 is 43.0 Å². The van der Waals surface area contributed by atoms with Crippen molar-refractivity contribution < 1.29 is 18.0 Å². The minimum atomic E-state index is -3.63. The first-order valence-corrected chi connectivity index (χ1v) is 8.92. The summed E-state index contributed by atoms with van der Waals surface area (Å²) >= 11 is 16.4. The molecule has 1 aromatic carbocycles. The van der Waals surface area contributed by atoms with Crippen LogP contribution in [0, 0.1) is 5.82 Å². The number of thiocarbonyl (C=S) groups is 1. The number of benzene rings is 1. The highest BCUT2D eigenvalue weighted by molar-refractivity contribution is 7.78. The minimum Gasteiger partial charge on any atom is -0.305 e. The molecule has 0 atom stereocenters. The van der Waals surface area contributed by atoms with Gasteiger partial charge in [0.2, 0.25) is 0 Å². The Hall–Kier alpha value is -0.580. The topological polar surface area (TPSA) is 47.9 Å². The van der Waals surface area contributed by atoms with Gasteiger partial charge in [0.15, 0.2) is 5.82 Å². The summed E-state index contributed by atoms with van der Waals surface area (Å²) in [7, 11) is -3.63. The van der Waals surface area contributed by atoms with Crippen LogP contribution in [0.3, 0.4) is 0 Å². The third-order valence-corrected chi connectivity index (χ3v) is 5.36. The van der Waals surface area contributed by atoms with E-state index >= 15 is 0 Å². The Kier molecular flexibility index (Phi) is 7.87. The van der Waals surface area contributed by atoms with Crippen molar-refractivity contribution in [3.8, 4) is 0 Å². The second-order valence-electron chi connectivity index (χ2n) is 3.83. The van der Waals surface area contributed by atoms with E-state index in [1.165, 1.54) is 12.1 Å². The number of aliphatic imine (C=N–C) groups is 1. The van der Waals surface area contributed by atoms with E-state index in [0.717, 1.165) is 6.07 Å². The summed E-state index contributed by atoms with van der Waals surface area (Å²) in [4.78, 5) is 3.58. The van der Waals surface area contributed by atoms with Crippen LogP contribution in [-0.4, -0.2) is 18.4 Å². The van der Waals surface area contributed by atoms with Crippen LogP contribution in [-0.2, 0) is 13.6 Å². The normalized spacial score (nSPS) is 12.1. The van der Waals surface area contributed by atoms with Crippen molar-refractivity contribution in [3.05, 3.63) is 33.3 Å². The molecule has 9 heteroatoms. The molecule has 0 aliphatic carbocycles. The summed E-state index contributed by atoms with van der Waals surface area (Å²) in [5, 5.41) is 2.13. The molecule has 0 bridgehead atoms. The number of hydrogen-bond donors (Lipinski definition) is 0. The fourth-order valence-corrected chi connectivity index (χ4v) is 3.52. The number of rotatable bonds is 7. The number of hydrogen-bond acceptors (Lipinski definition) is 5. The smallest absolute Gasteiger partial charge is 0.305 e. The molecule has 0 spiro atoms. The number of nitrogens with zero attached hydrogens (tertiary/aromatic N) is 1. The molecule has 0 saturated heterocycles. The molecule has 0 N–H and O–H groups in total. The van der Waals surface area contributed by atoms with E-state index in [-0.39, 0.29) is 28.7 Å². The Morgan fingerprint density at radius 2 is 2.05 bits per heavy atom. The largest absolute Gasteiger partial charge is 0.372 e. The standard InChI is InChI=1S/C13H13Cl2FNO3PS/c1-3-19-21(18,20-4-2)13(15)6-9-5-12(17-8-22)11(16)7-10(9)14/h5-7H,3-4H2,1-2H3/b13-6+. The van der Waals surface area contributed by atoms with Gasteiger partial charge in [-0.25, -0.2) is 4.39 Å². The Balaban J connectivity index is 3.33. The van der Waals surface area contributed by atoms with E-state index in [1.54, 1.807) is 13.8 Å². The Morgan fingerprint density at radius 1 is 1.45 bits per heavy atom. The maximum atomic E-state index is 13.6. The molecule has 1 rings (SSSR count). The van der Waals surface area contributed by atoms with Crippen molar-refractivity contribution in [1.82, 2.24) is 0 Å². The van der Waals surface area contributed by atoms with E-state index in [4.69, 9.17) is 32.2 Å². The third kappa shape index (κ3) is 4.97. The quantitative estimate of drug-likeness (QED) is 0.328. The highest BCUT2D eigenvalue weighted by atomic mass is 35.5. The van der Waals surface area contributed by atoms with E-state index in [0.29, 0.717) is 5.56 Å². The second kappa shape index (κ2) is 8.90. The molecule has 0 amide bonds. The molecule has 0 fully saturated rings. The first kappa shape index (κ1) is 19.5. The van der Waals surface area contributed by atoms with Crippen LogP contribution in [0.2, 0.25) is 5.02 Å².